The van der Waals surface area contributed by atoms with Gasteiger partial charge in [-0.1, -0.05) is 13.0 Å². The molecule has 2 aromatic rings. The highest BCUT2D eigenvalue weighted by molar-refractivity contribution is 5.92. The molecule has 0 aliphatic heterocycles. The molecule has 1 unspecified atom stereocenters. The molecule has 0 aliphatic rings. The van der Waals surface area contributed by atoms with E-state index in [0.717, 1.165) is 12.0 Å². The zero-order valence-electron chi connectivity index (χ0n) is 16.3. The molecule has 1 N–H and O–H groups in total. The Kier molecular flexibility index (Phi) is 7.40. The van der Waals surface area contributed by atoms with Crippen molar-refractivity contribution in [3.05, 3.63) is 51.9 Å². The van der Waals surface area contributed by atoms with E-state index < -0.39 is 0 Å². The van der Waals surface area contributed by atoms with Crippen LogP contribution in [0.3, 0.4) is 0 Å². The fourth-order valence-electron chi connectivity index (χ4n) is 2.63. The first-order valence-corrected chi connectivity index (χ1v) is 9.28. The number of nitrogens with one attached hydrogen (secondary N) is 1. The van der Waals surface area contributed by atoms with Crippen LogP contribution in [0.5, 0.6) is 11.5 Å². The maximum Gasteiger partial charge on any atom is 0.272 e. The van der Waals surface area contributed by atoms with Crippen molar-refractivity contribution in [3.8, 4) is 11.5 Å². The molecule has 1 amide bonds. The van der Waals surface area contributed by atoms with Crippen molar-refractivity contribution in [2.24, 2.45) is 0 Å². The van der Waals surface area contributed by atoms with Gasteiger partial charge >= 0.3 is 0 Å². The lowest BCUT2D eigenvalue weighted by atomic mass is 10.1. The number of ether oxygens (including phenoxy) is 2. The number of amides is 1. The van der Waals surface area contributed by atoms with E-state index in [1.165, 1.54) is 16.8 Å². The molecule has 0 saturated heterocycles. The number of aromatic nitrogens is 2. The molecule has 2 rings (SSSR count). The summed E-state index contributed by atoms with van der Waals surface area (Å²) in [6, 6.07) is 8.15. The van der Waals surface area contributed by atoms with Crippen molar-refractivity contribution in [2.45, 2.75) is 46.7 Å². The molecule has 0 bridgehead atoms. The zero-order chi connectivity index (χ0) is 19.8. The molecule has 146 valence electrons. The van der Waals surface area contributed by atoms with E-state index in [-0.39, 0.29) is 23.2 Å². The third kappa shape index (κ3) is 5.32. The summed E-state index contributed by atoms with van der Waals surface area (Å²) in [5, 5.41) is 7.05. The van der Waals surface area contributed by atoms with Crippen LogP contribution in [0.15, 0.2) is 35.1 Å². The van der Waals surface area contributed by atoms with Gasteiger partial charge in [-0.3, -0.25) is 9.59 Å². The number of carbonyl (C=O) groups excluding carboxylic acids is 1. The van der Waals surface area contributed by atoms with Crippen LogP contribution in [-0.2, 0) is 6.54 Å². The predicted octanol–water partition coefficient (Wildman–Crippen LogP) is 2.94. The first-order valence-electron chi connectivity index (χ1n) is 9.28. The van der Waals surface area contributed by atoms with Gasteiger partial charge in [-0.2, -0.15) is 5.10 Å². The summed E-state index contributed by atoms with van der Waals surface area (Å²) in [5.74, 6) is 0.988. The molecule has 0 spiro atoms. The van der Waals surface area contributed by atoms with Crippen molar-refractivity contribution in [1.82, 2.24) is 15.1 Å². The maximum absolute atomic E-state index is 12.5. The Balaban J connectivity index is 2.17. The average molecular weight is 373 g/mol. The molecule has 0 fully saturated rings. The van der Waals surface area contributed by atoms with Crippen LogP contribution in [0.25, 0.3) is 0 Å². The van der Waals surface area contributed by atoms with Crippen molar-refractivity contribution in [2.75, 3.05) is 13.2 Å². The molecule has 0 saturated carbocycles. The zero-order valence-corrected chi connectivity index (χ0v) is 16.3. The van der Waals surface area contributed by atoms with Crippen LogP contribution < -0.4 is 20.3 Å². The lowest BCUT2D eigenvalue weighted by molar-refractivity contribution is 0.0932. The molecule has 0 aliphatic carbocycles. The molecule has 1 aromatic heterocycles. The summed E-state index contributed by atoms with van der Waals surface area (Å²) in [6.45, 7) is 9.20. The van der Waals surface area contributed by atoms with Gasteiger partial charge in [-0.15, -0.1) is 0 Å². The Morgan fingerprint density at radius 2 is 1.81 bits per heavy atom. The van der Waals surface area contributed by atoms with Crippen LogP contribution in [0, 0.1) is 0 Å². The number of hydrogen-bond donors (Lipinski definition) is 1. The van der Waals surface area contributed by atoms with E-state index in [2.05, 4.69) is 10.4 Å². The summed E-state index contributed by atoms with van der Waals surface area (Å²) in [6.07, 6.45) is 0.765. The fraction of sp³-hybridized carbons (Fsp3) is 0.450. The number of rotatable bonds is 9. The van der Waals surface area contributed by atoms with Gasteiger partial charge in [-0.05, 0) is 51.0 Å². The summed E-state index contributed by atoms with van der Waals surface area (Å²) in [4.78, 5) is 24.3. The predicted molar refractivity (Wildman–Crippen MR) is 103 cm³/mol. The topological polar surface area (TPSA) is 82.5 Å². The number of benzene rings is 1. The minimum absolute atomic E-state index is 0.214. The molecule has 1 aromatic carbocycles. The van der Waals surface area contributed by atoms with Crippen LogP contribution in [0.2, 0.25) is 0 Å². The number of aryl methyl sites for hydroxylation is 1. The van der Waals surface area contributed by atoms with Crippen LogP contribution in [0.4, 0.5) is 0 Å². The monoisotopic (exact) mass is 373 g/mol. The normalized spacial score (nSPS) is 11.7. The van der Waals surface area contributed by atoms with Gasteiger partial charge in [-0.25, -0.2) is 4.68 Å². The molecule has 1 atom stereocenters. The molecular formula is C20H27N3O4. The van der Waals surface area contributed by atoms with E-state index in [0.29, 0.717) is 31.3 Å². The second kappa shape index (κ2) is 9.75. The molecule has 1 heterocycles. The Labute approximate surface area is 159 Å². The first-order chi connectivity index (χ1) is 13.0. The smallest absolute Gasteiger partial charge is 0.272 e. The van der Waals surface area contributed by atoms with E-state index in [1.807, 2.05) is 45.9 Å². The van der Waals surface area contributed by atoms with Crippen molar-refractivity contribution < 1.29 is 14.3 Å². The highest BCUT2D eigenvalue weighted by Gasteiger charge is 2.16. The van der Waals surface area contributed by atoms with Gasteiger partial charge in [0.2, 0.25) is 0 Å². The second-order valence-corrected chi connectivity index (χ2v) is 6.05. The molecule has 7 heteroatoms. The number of nitrogens with zero attached hydrogens (tertiary/aromatic N) is 2. The molecular weight excluding hydrogens is 346 g/mol. The van der Waals surface area contributed by atoms with Gasteiger partial charge in [0.15, 0.2) is 11.5 Å². The Hall–Kier alpha value is -2.83. The second-order valence-electron chi connectivity index (χ2n) is 6.05. The van der Waals surface area contributed by atoms with Crippen LogP contribution in [-0.4, -0.2) is 28.9 Å². The van der Waals surface area contributed by atoms with Gasteiger partial charge in [0.05, 0.1) is 19.3 Å². The maximum atomic E-state index is 12.5. The molecule has 7 nitrogen and oxygen atoms in total. The van der Waals surface area contributed by atoms with E-state index >= 15 is 0 Å². The van der Waals surface area contributed by atoms with E-state index in [9.17, 15) is 9.59 Å². The fourth-order valence-corrected chi connectivity index (χ4v) is 2.63. The lowest BCUT2D eigenvalue weighted by Gasteiger charge is -2.17. The summed E-state index contributed by atoms with van der Waals surface area (Å²) in [7, 11) is 0. The first kappa shape index (κ1) is 20.5. The Bertz CT molecular complexity index is 832. The summed E-state index contributed by atoms with van der Waals surface area (Å²) >= 11 is 0. The van der Waals surface area contributed by atoms with E-state index in [4.69, 9.17) is 9.47 Å². The average Bonchev–Trinajstić information content (AvgIpc) is 2.65. The van der Waals surface area contributed by atoms with Gasteiger partial charge in [0.25, 0.3) is 11.5 Å². The van der Waals surface area contributed by atoms with E-state index in [1.54, 1.807) is 0 Å². The van der Waals surface area contributed by atoms with Gasteiger partial charge in [0, 0.05) is 12.6 Å². The van der Waals surface area contributed by atoms with Gasteiger partial charge < -0.3 is 14.8 Å². The van der Waals surface area contributed by atoms with Crippen LogP contribution in [0.1, 0.15) is 56.2 Å². The SMILES string of the molecule is CCCn1nc(C(=O)NC(C)c2ccc(OCC)c(OCC)c2)ccc1=O. The standard InChI is InChI=1S/C20H27N3O4/c1-5-12-23-19(24)11-9-16(22-23)20(25)21-14(4)15-8-10-17(26-6-2)18(13-15)27-7-3/h8-11,13-14H,5-7,12H2,1-4H3,(H,21,25). The Morgan fingerprint density at radius 3 is 2.48 bits per heavy atom. The number of carbonyl (C=O) groups is 1. The third-order valence-corrected chi connectivity index (χ3v) is 3.95. The Morgan fingerprint density at radius 1 is 1.11 bits per heavy atom. The van der Waals surface area contributed by atoms with Gasteiger partial charge in [0.1, 0.15) is 5.69 Å². The quantitative estimate of drug-likeness (QED) is 0.731. The van der Waals surface area contributed by atoms with Crippen molar-refractivity contribution in [3.63, 3.8) is 0 Å². The summed E-state index contributed by atoms with van der Waals surface area (Å²) in [5.41, 5.74) is 0.886. The minimum atomic E-state index is -0.334. The third-order valence-electron chi connectivity index (χ3n) is 3.95. The van der Waals surface area contributed by atoms with Crippen molar-refractivity contribution in [1.29, 1.82) is 0 Å². The summed E-state index contributed by atoms with van der Waals surface area (Å²) < 4.78 is 12.5. The van der Waals surface area contributed by atoms with Crippen LogP contribution >= 0.6 is 0 Å². The molecule has 27 heavy (non-hydrogen) atoms. The number of hydrogen-bond acceptors (Lipinski definition) is 5. The minimum Gasteiger partial charge on any atom is -0.490 e. The largest absolute Gasteiger partial charge is 0.490 e. The highest BCUT2D eigenvalue weighted by atomic mass is 16.5. The highest BCUT2D eigenvalue weighted by Crippen LogP contribution is 2.30. The van der Waals surface area contributed by atoms with Crippen molar-refractivity contribution >= 4 is 5.91 Å². The molecule has 0 radical (unpaired) electrons. The lowest BCUT2D eigenvalue weighted by Crippen LogP contribution is -2.31.